The van der Waals surface area contributed by atoms with Crippen molar-refractivity contribution >= 4 is 17.3 Å². The third kappa shape index (κ3) is 5.79. The molecule has 2 aliphatic rings. The summed E-state index contributed by atoms with van der Waals surface area (Å²) in [6.07, 6.45) is 2.70. The molecule has 2 aliphatic heterocycles. The van der Waals surface area contributed by atoms with E-state index in [0.717, 1.165) is 57.3 Å². The van der Waals surface area contributed by atoms with Gasteiger partial charge in [0.2, 0.25) is 5.82 Å². The van der Waals surface area contributed by atoms with Gasteiger partial charge in [0.25, 0.3) is 0 Å². The van der Waals surface area contributed by atoms with E-state index in [2.05, 4.69) is 55.6 Å². The number of para-hydroxylation sites is 1. The predicted molar refractivity (Wildman–Crippen MR) is 148 cm³/mol. The zero-order valence-electron chi connectivity index (χ0n) is 21.9. The summed E-state index contributed by atoms with van der Waals surface area (Å²) in [5.74, 6) is 8.35. The lowest BCUT2D eigenvalue weighted by atomic mass is 10.1. The van der Waals surface area contributed by atoms with Gasteiger partial charge in [-0.05, 0) is 50.5 Å². The highest BCUT2D eigenvalue weighted by atomic mass is 16.5. The fourth-order valence-electron chi connectivity index (χ4n) is 5.00. The Kier molecular flexibility index (Phi) is 7.86. The van der Waals surface area contributed by atoms with Crippen molar-refractivity contribution in [3.63, 3.8) is 0 Å². The predicted octanol–water partition coefficient (Wildman–Crippen LogP) is 2.40. The second-order valence-electron chi connectivity index (χ2n) is 9.79. The van der Waals surface area contributed by atoms with E-state index in [-0.39, 0.29) is 5.75 Å². The number of morpholine rings is 1. The van der Waals surface area contributed by atoms with Crippen molar-refractivity contribution in [2.75, 3.05) is 61.5 Å². The van der Waals surface area contributed by atoms with Crippen LogP contribution in [-0.2, 0) is 4.74 Å². The monoisotopic (exact) mass is 514 g/mol. The van der Waals surface area contributed by atoms with E-state index < -0.39 is 0 Å². The van der Waals surface area contributed by atoms with E-state index in [9.17, 15) is 5.11 Å². The number of anilines is 3. The van der Waals surface area contributed by atoms with E-state index in [1.807, 2.05) is 24.3 Å². The Labute approximate surface area is 223 Å². The average molecular weight is 515 g/mol. The molecule has 1 aromatic carbocycles. The number of phenols is 1. The normalized spacial score (nSPS) is 20.5. The largest absolute Gasteiger partial charge is 0.507 e. The molecule has 0 amide bonds. The Balaban J connectivity index is 1.27. The molecule has 0 saturated carbocycles. The van der Waals surface area contributed by atoms with Gasteiger partial charge in [-0.3, -0.25) is 4.90 Å². The fourth-order valence-corrected chi connectivity index (χ4v) is 5.00. The molecule has 3 N–H and O–H groups in total. The number of nitrogens with two attached hydrogens (primary N) is 1. The molecule has 10 heteroatoms. The number of hydrogen-bond donors (Lipinski definition) is 2. The summed E-state index contributed by atoms with van der Waals surface area (Å²) in [5.41, 5.74) is 8.27. The second-order valence-corrected chi connectivity index (χ2v) is 9.79. The van der Waals surface area contributed by atoms with Crippen molar-refractivity contribution in [2.24, 2.45) is 0 Å². The molecule has 4 heterocycles. The van der Waals surface area contributed by atoms with Crippen LogP contribution in [0.1, 0.15) is 26.1 Å². The highest BCUT2D eigenvalue weighted by Gasteiger charge is 2.24. The zero-order chi connectivity index (χ0) is 26.5. The van der Waals surface area contributed by atoms with E-state index in [4.69, 9.17) is 15.5 Å². The number of aromatic nitrogens is 4. The summed E-state index contributed by atoms with van der Waals surface area (Å²) < 4.78 is 5.61. The molecule has 2 fully saturated rings. The number of aromatic hydroxyl groups is 1. The lowest BCUT2D eigenvalue weighted by Gasteiger charge is -2.37. The molecule has 5 rings (SSSR count). The van der Waals surface area contributed by atoms with E-state index in [1.165, 1.54) is 0 Å². The molecule has 0 unspecified atom stereocenters. The Bertz CT molecular complexity index is 1310. The number of phenolic OH excluding ortho intramolecular Hbond substituents is 1. The van der Waals surface area contributed by atoms with Gasteiger partial charge in [0, 0.05) is 50.0 Å². The summed E-state index contributed by atoms with van der Waals surface area (Å²) in [7, 11) is 0. The Morgan fingerprint density at radius 3 is 2.61 bits per heavy atom. The maximum atomic E-state index is 10.3. The topological polar surface area (TPSA) is 117 Å². The highest BCUT2D eigenvalue weighted by molar-refractivity contribution is 5.74. The van der Waals surface area contributed by atoms with Crippen LogP contribution in [0.2, 0.25) is 0 Å². The van der Waals surface area contributed by atoms with Gasteiger partial charge in [0.15, 0.2) is 5.82 Å². The maximum Gasteiger partial charge on any atom is 0.206 e. The van der Waals surface area contributed by atoms with Crippen LogP contribution in [0.3, 0.4) is 0 Å². The lowest BCUT2D eigenvalue weighted by molar-refractivity contribution is -0.0296. The van der Waals surface area contributed by atoms with Crippen LogP contribution in [0.15, 0.2) is 42.6 Å². The van der Waals surface area contributed by atoms with Crippen LogP contribution in [0, 0.1) is 11.8 Å². The first-order valence-electron chi connectivity index (χ1n) is 13.1. The third-order valence-corrected chi connectivity index (χ3v) is 7.10. The summed E-state index contributed by atoms with van der Waals surface area (Å²) in [6, 6.07) is 11.6. The lowest BCUT2D eigenvalue weighted by Crippen LogP contribution is -2.49. The fraction of sp³-hybridized carbons (Fsp3) is 0.429. The van der Waals surface area contributed by atoms with Gasteiger partial charge in [-0.2, -0.15) is 0 Å². The summed E-state index contributed by atoms with van der Waals surface area (Å²) in [6.45, 7) is 9.66. The summed E-state index contributed by atoms with van der Waals surface area (Å²) in [4.78, 5) is 16.0. The SMILES string of the molecule is C[C@H]1COC[C@H](C)N1CC#Cc1nccc(N2CCCN(c3cc(-c4ccccc4O)nnc3N)CC2)n1. The van der Waals surface area contributed by atoms with Crippen molar-refractivity contribution < 1.29 is 9.84 Å². The van der Waals surface area contributed by atoms with Gasteiger partial charge in [-0.25, -0.2) is 9.97 Å². The molecule has 0 bridgehead atoms. The summed E-state index contributed by atoms with van der Waals surface area (Å²) in [5, 5.41) is 18.6. The van der Waals surface area contributed by atoms with Crippen molar-refractivity contribution in [3.8, 4) is 28.8 Å². The molecule has 2 saturated heterocycles. The van der Waals surface area contributed by atoms with Crippen molar-refractivity contribution in [2.45, 2.75) is 32.4 Å². The molecule has 38 heavy (non-hydrogen) atoms. The minimum absolute atomic E-state index is 0.163. The van der Waals surface area contributed by atoms with Crippen LogP contribution in [0.4, 0.5) is 17.3 Å². The van der Waals surface area contributed by atoms with Crippen LogP contribution >= 0.6 is 0 Å². The number of ether oxygens (including phenoxy) is 1. The van der Waals surface area contributed by atoms with Gasteiger partial charge in [-0.1, -0.05) is 18.1 Å². The Hall–Kier alpha value is -3.94. The van der Waals surface area contributed by atoms with Gasteiger partial charge < -0.3 is 25.4 Å². The Morgan fingerprint density at radius 2 is 1.79 bits per heavy atom. The van der Waals surface area contributed by atoms with Crippen LogP contribution in [-0.4, -0.2) is 88.2 Å². The minimum Gasteiger partial charge on any atom is -0.507 e. The van der Waals surface area contributed by atoms with Crippen molar-refractivity contribution in [1.82, 2.24) is 25.1 Å². The first-order chi connectivity index (χ1) is 18.5. The average Bonchev–Trinajstić information content (AvgIpc) is 3.18. The number of rotatable bonds is 4. The number of benzene rings is 1. The number of nitrogen functional groups attached to an aromatic ring is 1. The molecular weight excluding hydrogens is 480 g/mol. The van der Waals surface area contributed by atoms with Crippen LogP contribution in [0.5, 0.6) is 5.75 Å². The molecular formula is C28H34N8O2. The van der Waals surface area contributed by atoms with Gasteiger partial charge in [0.1, 0.15) is 11.6 Å². The Morgan fingerprint density at radius 1 is 1.03 bits per heavy atom. The summed E-state index contributed by atoms with van der Waals surface area (Å²) >= 11 is 0. The van der Waals surface area contributed by atoms with Crippen molar-refractivity contribution in [1.29, 1.82) is 0 Å². The minimum atomic E-state index is 0.163. The van der Waals surface area contributed by atoms with Gasteiger partial charge >= 0.3 is 0 Å². The van der Waals surface area contributed by atoms with Crippen molar-refractivity contribution in [3.05, 3.63) is 48.4 Å². The van der Waals surface area contributed by atoms with E-state index in [0.29, 0.717) is 41.5 Å². The molecule has 0 spiro atoms. The molecule has 0 radical (unpaired) electrons. The first kappa shape index (κ1) is 25.7. The molecule has 2 atom stereocenters. The van der Waals surface area contributed by atoms with E-state index in [1.54, 1.807) is 18.3 Å². The third-order valence-electron chi connectivity index (χ3n) is 7.10. The molecule has 0 aliphatic carbocycles. The van der Waals surface area contributed by atoms with Crippen LogP contribution < -0.4 is 15.5 Å². The quantitative estimate of drug-likeness (QED) is 0.503. The van der Waals surface area contributed by atoms with Gasteiger partial charge in [0.05, 0.1) is 31.1 Å². The number of hydrogen-bond acceptors (Lipinski definition) is 10. The zero-order valence-corrected chi connectivity index (χ0v) is 21.9. The maximum absolute atomic E-state index is 10.3. The first-order valence-corrected chi connectivity index (χ1v) is 13.1. The molecule has 198 valence electrons. The molecule has 3 aromatic rings. The molecule has 2 aromatic heterocycles. The molecule has 10 nitrogen and oxygen atoms in total. The van der Waals surface area contributed by atoms with E-state index >= 15 is 0 Å². The van der Waals surface area contributed by atoms with Crippen LogP contribution in [0.25, 0.3) is 11.3 Å². The van der Waals surface area contributed by atoms with Gasteiger partial charge in [-0.15, -0.1) is 10.2 Å². The standard InChI is InChI=1S/C28H34N8O2/c1-20-18-38-19-21(2)36(20)14-5-9-26-30-11-10-27(31-26)35-13-6-12-34(15-16-35)24-17-23(32-33-28(24)29)22-7-3-4-8-25(22)37/h3-4,7-8,10-11,17,20-21,37H,6,12-16,18-19H2,1-2H3,(H2,29,33)/t20-,21-/m0/s1. The highest BCUT2D eigenvalue weighted by Crippen LogP contribution is 2.31. The number of nitrogens with zero attached hydrogens (tertiary/aromatic N) is 7. The smallest absolute Gasteiger partial charge is 0.206 e. The second kappa shape index (κ2) is 11.6.